The normalized spacial score (nSPS) is 17.1. The van der Waals surface area contributed by atoms with Gasteiger partial charge in [0.05, 0.1) is 13.2 Å². The van der Waals surface area contributed by atoms with Crippen LogP contribution in [0.25, 0.3) is 22.3 Å². The van der Waals surface area contributed by atoms with Crippen molar-refractivity contribution < 1.29 is 22.6 Å². The van der Waals surface area contributed by atoms with Crippen molar-refractivity contribution in [3.8, 4) is 34.1 Å². The lowest BCUT2D eigenvalue weighted by Crippen LogP contribution is -2.30. The molecule has 1 heterocycles. The third-order valence-electron chi connectivity index (χ3n) is 7.33. The largest absolute Gasteiger partial charge is 0.352 e. The van der Waals surface area contributed by atoms with Gasteiger partial charge in [0.15, 0.2) is 17.9 Å². The number of ether oxygens (including phenoxy) is 2. The van der Waals surface area contributed by atoms with Gasteiger partial charge in [0, 0.05) is 29.9 Å². The van der Waals surface area contributed by atoms with Gasteiger partial charge in [-0.05, 0) is 48.1 Å². The molecule has 0 atom stereocenters. The highest BCUT2D eigenvalue weighted by molar-refractivity contribution is 5.71. The summed E-state index contributed by atoms with van der Waals surface area (Å²) < 4.78 is 56.4. The number of hydrogen-bond acceptors (Lipinski definition) is 2. The highest BCUT2D eigenvalue weighted by Gasteiger charge is 2.24. The van der Waals surface area contributed by atoms with E-state index in [2.05, 4.69) is 18.8 Å². The number of halogens is 3. The molecule has 3 aromatic rings. The predicted octanol–water partition coefficient (Wildman–Crippen LogP) is 9.21. The molecule has 4 rings (SSSR count). The molecule has 1 aliphatic rings. The smallest absolute Gasteiger partial charge is 0.166 e. The molecular weight excluding hydrogens is 497 g/mol. The van der Waals surface area contributed by atoms with E-state index in [0.29, 0.717) is 41.9 Å². The zero-order valence-electron chi connectivity index (χ0n) is 22.9. The third-order valence-corrected chi connectivity index (χ3v) is 7.33. The Morgan fingerprint density at radius 2 is 1.46 bits per heavy atom. The van der Waals surface area contributed by atoms with Crippen molar-refractivity contribution in [1.82, 2.24) is 0 Å². The molecule has 5 heteroatoms. The fourth-order valence-corrected chi connectivity index (χ4v) is 4.99. The minimum absolute atomic E-state index is 0.0402. The summed E-state index contributed by atoms with van der Waals surface area (Å²) in [5, 5.41) is 0. The van der Waals surface area contributed by atoms with E-state index >= 15 is 4.39 Å². The number of unbranched alkanes of at least 4 members (excludes halogenated alkanes) is 4. The second-order valence-electron chi connectivity index (χ2n) is 10.1. The van der Waals surface area contributed by atoms with E-state index < -0.39 is 11.6 Å². The Kier molecular flexibility index (Phi) is 10.6. The highest BCUT2D eigenvalue weighted by Crippen LogP contribution is 2.32. The first kappa shape index (κ1) is 28.9. The molecule has 0 radical (unpaired) electrons. The van der Waals surface area contributed by atoms with Crippen LogP contribution in [0.2, 0.25) is 0 Å². The molecule has 39 heavy (non-hydrogen) atoms. The van der Waals surface area contributed by atoms with Crippen LogP contribution < -0.4 is 0 Å². The van der Waals surface area contributed by atoms with Crippen LogP contribution in [-0.4, -0.2) is 19.5 Å². The molecule has 0 unspecified atom stereocenters. The molecule has 1 aliphatic heterocycles. The van der Waals surface area contributed by atoms with Crippen LogP contribution >= 0.6 is 0 Å². The van der Waals surface area contributed by atoms with Crippen molar-refractivity contribution in [3.05, 3.63) is 83.2 Å². The lowest BCUT2D eigenvalue weighted by atomic mass is 9.94. The quantitative estimate of drug-likeness (QED) is 0.180. The fourth-order valence-electron chi connectivity index (χ4n) is 4.99. The SMILES string of the molecule is CC#CCCC1OCC(c2ccc(-c3ccc(-c4ccc(CCCCCCC)c(F)c4F)cc3)c(F)c2)CO1. The maximum absolute atomic E-state index is 15.1. The topological polar surface area (TPSA) is 18.5 Å². The average molecular weight is 535 g/mol. The van der Waals surface area contributed by atoms with Crippen molar-refractivity contribution in [2.24, 2.45) is 0 Å². The zero-order valence-corrected chi connectivity index (χ0v) is 22.9. The minimum Gasteiger partial charge on any atom is -0.352 e. The van der Waals surface area contributed by atoms with Gasteiger partial charge >= 0.3 is 0 Å². The molecule has 0 aromatic heterocycles. The first-order valence-corrected chi connectivity index (χ1v) is 14.0. The Labute approximate surface area is 230 Å². The van der Waals surface area contributed by atoms with Crippen molar-refractivity contribution in [3.63, 3.8) is 0 Å². The summed E-state index contributed by atoms with van der Waals surface area (Å²) in [7, 11) is 0. The summed E-state index contributed by atoms with van der Waals surface area (Å²) in [6.07, 6.45) is 7.02. The molecule has 1 saturated heterocycles. The summed E-state index contributed by atoms with van der Waals surface area (Å²) in [5.74, 6) is 3.87. The fraction of sp³-hybridized carbons (Fsp3) is 0.412. The lowest BCUT2D eigenvalue weighted by Gasteiger charge is -2.29. The van der Waals surface area contributed by atoms with Gasteiger partial charge in [-0.25, -0.2) is 13.2 Å². The van der Waals surface area contributed by atoms with Crippen molar-refractivity contribution >= 4 is 0 Å². The molecule has 0 spiro atoms. The molecular formula is C34H37F3O2. The molecule has 0 N–H and O–H groups in total. The standard InChI is InChI=1S/C34H37F3O2/c1-3-5-7-8-10-11-26-17-20-30(34(37)33(26)36)25-15-13-24(14-16-25)29-19-18-27(21-31(29)35)28-22-38-32(39-23-28)12-9-6-4-2/h13-21,28,32H,3,5,7-12,22-23H2,1-2H3. The molecule has 0 aliphatic carbocycles. The number of rotatable bonds is 11. The zero-order chi connectivity index (χ0) is 27.6. The minimum atomic E-state index is -0.832. The monoisotopic (exact) mass is 534 g/mol. The molecule has 206 valence electrons. The van der Waals surface area contributed by atoms with Gasteiger partial charge in [-0.15, -0.1) is 11.8 Å². The van der Waals surface area contributed by atoms with Crippen LogP contribution in [0.4, 0.5) is 13.2 Å². The molecule has 0 saturated carbocycles. The summed E-state index contributed by atoms with van der Waals surface area (Å²) in [5.41, 5.74) is 3.12. The summed E-state index contributed by atoms with van der Waals surface area (Å²) in [6.45, 7) is 4.90. The van der Waals surface area contributed by atoms with Crippen molar-refractivity contribution in [2.45, 2.75) is 77.4 Å². The first-order valence-electron chi connectivity index (χ1n) is 14.0. The maximum Gasteiger partial charge on any atom is 0.166 e. The van der Waals surface area contributed by atoms with E-state index in [4.69, 9.17) is 9.47 Å². The van der Waals surface area contributed by atoms with Gasteiger partial charge < -0.3 is 9.47 Å². The third kappa shape index (κ3) is 7.53. The lowest BCUT2D eigenvalue weighted by molar-refractivity contribution is -0.188. The van der Waals surface area contributed by atoms with E-state index in [0.717, 1.165) is 44.1 Å². The van der Waals surface area contributed by atoms with E-state index in [9.17, 15) is 8.78 Å². The van der Waals surface area contributed by atoms with E-state index in [1.54, 1.807) is 49.4 Å². The molecule has 0 bridgehead atoms. The van der Waals surface area contributed by atoms with Gasteiger partial charge in [0.25, 0.3) is 0 Å². The van der Waals surface area contributed by atoms with E-state index in [1.165, 1.54) is 12.5 Å². The Hall–Kier alpha value is -3.07. The molecule has 3 aromatic carbocycles. The Morgan fingerprint density at radius 3 is 2.13 bits per heavy atom. The number of hydrogen-bond donors (Lipinski definition) is 0. The maximum atomic E-state index is 15.1. The summed E-state index contributed by atoms with van der Waals surface area (Å²) in [6, 6.07) is 15.4. The van der Waals surface area contributed by atoms with Gasteiger partial charge in [-0.2, -0.15) is 0 Å². The first-order chi connectivity index (χ1) is 19.0. The molecule has 1 fully saturated rings. The van der Waals surface area contributed by atoms with Crippen molar-refractivity contribution in [2.75, 3.05) is 13.2 Å². The van der Waals surface area contributed by atoms with Gasteiger partial charge in [0.2, 0.25) is 0 Å². The van der Waals surface area contributed by atoms with Gasteiger partial charge in [-0.3, -0.25) is 0 Å². The van der Waals surface area contributed by atoms with Crippen LogP contribution in [-0.2, 0) is 15.9 Å². The summed E-state index contributed by atoms with van der Waals surface area (Å²) in [4.78, 5) is 0. The summed E-state index contributed by atoms with van der Waals surface area (Å²) >= 11 is 0. The van der Waals surface area contributed by atoms with Crippen LogP contribution in [0.1, 0.15) is 75.8 Å². The van der Waals surface area contributed by atoms with E-state index in [-0.39, 0.29) is 23.6 Å². The Bertz CT molecular complexity index is 1280. The highest BCUT2D eigenvalue weighted by atomic mass is 19.2. The molecule has 0 amide bonds. The van der Waals surface area contributed by atoms with Crippen LogP contribution in [0, 0.1) is 29.3 Å². The average Bonchev–Trinajstić information content (AvgIpc) is 2.96. The van der Waals surface area contributed by atoms with Gasteiger partial charge in [0.1, 0.15) is 5.82 Å². The second kappa shape index (κ2) is 14.4. The van der Waals surface area contributed by atoms with Crippen LogP contribution in [0.5, 0.6) is 0 Å². The van der Waals surface area contributed by atoms with Crippen LogP contribution in [0.3, 0.4) is 0 Å². The second-order valence-corrected chi connectivity index (χ2v) is 10.1. The molecule has 2 nitrogen and oxygen atoms in total. The van der Waals surface area contributed by atoms with Crippen molar-refractivity contribution in [1.29, 1.82) is 0 Å². The van der Waals surface area contributed by atoms with Crippen LogP contribution in [0.15, 0.2) is 54.6 Å². The Morgan fingerprint density at radius 1 is 0.795 bits per heavy atom. The number of aryl methyl sites for hydroxylation is 1. The predicted molar refractivity (Wildman–Crippen MR) is 151 cm³/mol. The van der Waals surface area contributed by atoms with E-state index in [1.807, 2.05) is 6.07 Å². The Balaban J connectivity index is 1.40. The number of benzene rings is 3. The van der Waals surface area contributed by atoms with Gasteiger partial charge in [-0.1, -0.05) is 81.1 Å².